The highest BCUT2D eigenvalue weighted by atomic mass is 16.5. The van der Waals surface area contributed by atoms with Gasteiger partial charge in [0.05, 0.1) is 13.3 Å². The molecule has 0 amide bonds. The number of nitrogens with zero attached hydrogens (tertiary/aromatic N) is 2. The number of aliphatic hydroxyl groups is 1. The first-order valence-corrected chi connectivity index (χ1v) is 4.90. The van der Waals surface area contributed by atoms with Crippen LogP contribution in [0.15, 0.2) is 24.4 Å². The zero-order chi connectivity index (χ0) is 11.5. The fraction of sp³-hybridized carbons (Fsp3) is 0.273. The van der Waals surface area contributed by atoms with Crippen molar-refractivity contribution < 1.29 is 9.84 Å². The molecule has 1 heterocycles. The fourth-order valence-electron chi connectivity index (χ4n) is 1.57. The van der Waals surface area contributed by atoms with E-state index >= 15 is 0 Å². The summed E-state index contributed by atoms with van der Waals surface area (Å²) in [5.41, 5.74) is 2.22. The van der Waals surface area contributed by atoms with Gasteiger partial charge in [-0.05, 0) is 19.1 Å². The van der Waals surface area contributed by atoms with E-state index in [-0.39, 0.29) is 0 Å². The van der Waals surface area contributed by atoms with Crippen LogP contribution in [0.2, 0.25) is 0 Å². The maximum absolute atomic E-state index is 10.1. The summed E-state index contributed by atoms with van der Waals surface area (Å²) >= 11 is 0. The largest absolute Gasteiger partial charge is 0.496 e. The predicted molar refractivity (Wildman–Crippen MR) is 58.2 cm³/mol. The number of hydrogen-bond donors (Lipinski definition) is 2. The van der Waals surface area contributed by atoms with E-state index in [1.165, 1.54) is 6.20 Å². The van der Waals surface area contributed by atoms with Crippen molar-refractivity contribution in [2.24, 2.45) is 0 Å². The van der Waals surface area contributed by atoms with Crippen molar-refractivity contribution in [3.63, 3.8) is 0 Å². The van der Waals surface area contributed by atoms with Gasteiger partial charge in [0.2, 0.25) is 0 Å². The van der Waals surface area contributed by atoms with Crippen LogP contribution in [-0.2, 0) is 0 Å². The third-order valence-corrected chi connectivity index (χ3v) is 2.39. The van der Waals surface area contributed by atoms with E-state index < -0.39 is 6.10 Å². The van der Waals surface area contributed by atoms with Gasteiger partial charge < -0.3 is 9.84 Å². The van der Waals surface area contributed by atoms with Gasteiger partial charge in [0.25, 0.3) is 0 Å². The Hall–Kier alpha value is -1.88. The second-order valence-electron chi connectivity index (χ2n) is 3.54. The highest BCUT2D eigenvalue weighted by molar-refractivity contribution is 5.40. The Kier molecular flexibility index (Phi) is 2.87. The molecule has 84 valence electrons. The van der Waals surface area contributed by atoms with Crippen LogP contribution in [0.4, 0.5) is 0 Å². The van der Waals surface area contributed by atoms with E-state index in [2.05, 4.69) is 15.4 Å². The topological polar surface area (TPSA) is 71.0 Å². The highest BCUT2D eigenvalue weighted by Crippen LogP contribution is 2.29. The van der Waals surface area contributed by atoms with Crippen molar-refractivity contribution >= 4 is 0 Å². The summed E-state index contributed by atoms with van der Waals surface area (Å²) in [6.45, 7) is 1.96. The molecule has 1 aromatic carbocycles. The first-order chi connectivity index (χ1) is 7.72. The van der Waals surface area contributed by atoms with Gasteiger partial charge in [-0.25, -0.2) is 0 Å². The van der Waals surface area contributed by atoms with Gasteiger partial charge in [-0.2, -0.15) is 15.4 Å². The summed E-state index contributed by atoms with van der Waals surface area (Å²) in [6.07, 6.45) is 0.667. The second-order valence-corrected chi connectivity index (χ2v) is 3.54. The zero-order valence-electron chi connectivity index (χ0n) is 9.14. The first-order valence-electron chi connectivity index (χ1n) is 4.90. The Balaban J connectivity index is 2.42. The van der Waals surface area contributed by atoms with Crippen LogP contribution in [0, 0.1) is 6.92 Å². The van der Waals surface area contributed by atoms with Gasteiger partial charge in [0, 0.05) is 5.56 Å². The molecule has 5 nitrogen and oxygen atoms in total. The van der Waals surface area contributed by atoms with E-state index in [0.717, 1.165) is 5.56 Å². The van der Waals surface area contributed by atoms with Crippen LogP contribution in [0.1, 0.15) is 22.9 Å². The molecule has 0 bridgehead atoms. The Bertz CT molecular complexity index is 468. The molecule has 16 heavy (non-hydrogen) atoms. The SMILES string of the molecule is COc1ccc(C)cc1C(O)c1cn[nH]n1. The quantitative estimate of drug-likeness (QED) is 0.813. The lowest BCUT2D eigenvalue weighted by molar-refractivity contribution is 0.209. The number of hydrogen-bond acceptors (Lipinski definition) is 4. The molecule has 0 fully saturated rings. The number of aryl methyl sites for hydroxylation is 1. The Morgan fingerprint density at radius 1 is 1.44 bits per heavy atom. The van der Waals surface area contributed by atoms with E-state index in [4.69, 9.17) is 4.74 Å². The van der Waals surface area contributed by atoms with Gasteiger partial charge >= 0.3 is 0 Å². The Morgan fingerprint density at radius 2 is 2.25 bits per heavy atom. The second kappa shape index (κ2) is 4.32. The van der Waals surface area contributed by atoms with E-state index in [0.29, 0.717) is 17.0 Å². The number of rotatable bonds is 3. The van der Waals surface area contributed by atoms with Crippen molar-refractivity contribution in [3.8, 4) is 5.75 Å². The van der Waals surface area contributed by atoms with Gasteiger partial charge in [-0.1, -0.05) is 11.6 Å². The highest BCUT2D eigenvalue weighted by Gasteiger charge is 2.17. The van der Waals surface area contributed by atoms with E-state index in [1.54, 1.807) is 7.11 Å². The minimum atomic E-state index is -0.825. The van der Waals surface area contributed by atoms with Crippen LogP contribution >= 0.6 is 0 Å². The maximum Gasteiger partial charge on any atom is 0.128 e. The molecule has 0 aliphatic rings. The van der Waals surface area contributed by atoms with Gasteiger partial charge in [-0.3, -0.25) is 0 Å². The summed E-state index contributed by atoms with van der Waals surface area (Å²) in [5.74, 6) is 0.640. The van der Waals surface area contributed by atoms with Crippen LogP contribution in [0.25, 0.3) is 0 Å². The van der Waals surface area contributed by atoms with Gasteiger partial charge in [0.1, 0.15) is 17.5 Å². The molecule has 0 radical (unpaired) electrons. The van der Waals surface area contributed by atoms with Gasteiger partial charge in [-0.15, -0.1) is 0 Å². The van der Waals surface area contributed by atoms with E-state index in [9.17, 15) is 5.11 Å². The summed E-state index contributed by atoms with van der Waals surface area (Å²) < 4.78 is 5.20. The zero-order valence-corrected chi connectivity index (χ0v) is 9.14. The smallest absolute Gasteiger partial charge is 0.128 e. The monoisotopic (exact) mass is 219 g/mol. The fourth-order valence-corrected chi connectivity index (χ4v) is 1.57. The number of methoxy groups -OCH3 is 1. The molecule has 0 aliphatic carbocycles. The van der Waals surface area contributed by atoms with Crippen molar-refractivity contribution in [3.05, 3.63) is 41.2 Å². The molecule has 2 aromatic rings. The third kappa shape index (κ3) is 1.90. The lowest BCUT2D eigenvalue weighted by Gasteiger charge is -2.13. The molecule has 0 saturated heterocycles. The molecule has 2 rings (SSSR count). The lowest BCUT2D eigenvalue weighted by atomic mass is 10.0. The molecular formula is C11H13N3O2. The predicted octanol–water partition coefficient (Wildman–Crippen LogP) is 1.20. The minimum absolute atomic E-state index is 0.476. The standard InChI is InChI=1S/C11H13N3O2/c1-7-3-4-10(16-2)8(5-7)11(15)9-6-12-14-13-9/h3-6,11,15H,1-2H3,(H,12,13,14). The number of H-pyrrole nitrogens is 1. The van der Waals surface area contributed by atoms with Crippen LogP contribution < -0.4 is 4.74 Å². The molecule has 5 heteroatoms. The minimum Gasteiger partial charge on any atom is -0.496 e. The number of nitrogens with one attached hydrogen (secondary N) is 1. The van der Waals surface area contributed by atoms with Crippen molar-refractivity contribution in [2.45, 2.75) is 13.0 Å². The van der Waals surface area contributed by atoms with E-state index in [1.807, 2.05) is 25.1 Å². The molecular weight excluding hydrogens is 206 g/mol. The molecule has 1 atom stereocenters. The van der Waals surface area contributed by atoms with Crippen molar-refractivity contribution in [1.29, 1.82) is 0 Å². The van der Waals surface area contributed by atoms with Gasteiger partial charge in [0.15, 0.2) is 0 Å². The summed E-state index contributed by atoms with van der Waals surface area (Å²) in [7, 11) is 1.57. The molecule has 1 unspecified atom stereocenters. The average Bonchev–Trinajstić information content (AvgIpc) is 2.81. The Morgan fingerprint density at radius 3 is 2.88 bits per heavy atom. The van der Waals surface area contributed by atoms with Crippen LogP contribution in [0.5, 0.6) is 5.75 Å². The number of benzene rings is 1. The third-order valence-electron chi connectivity index (χ3n) is 2.39. The number of aromatic amines is 1. The first kappa shape index (κ1) is 10.6. The normalized spacial score (nSPS) is 12.4. The molecule has 1 aromatic heterocycles. The van der Waals surface area contributed by atoms with Crippen LogP contribution in [0.3, 0.4) is 0 Å². The molecule has 0 spiro atoms. The summed E-state index contributed by atoms with van der Waals surface area (Å²) in [5, 5.41) is 20.1. The average molecular weight is 219 g/mol. The number of aliphatic hydroxyl groups excluding tert-OH is 1. The number of ether oxygens (including phenoxy) is 1. The van der Waals surface area contributed by atoms with Crippen molar-refractivity contribution in [2.75, 3.05) is 7.11 Å². The summed E-state index contributed by atoms with van der Waals surface area (Å²) in [4.78, 5) is 0. The Labute approximate surface area is 93.1 Å². The van der Waals surface area contributed by atoms with Crippen LogP contribution in [-0.4, -0.2) is 27.6 Å². The lowest BCUT2D eigenvalue weighted by Crippen LogP contribution is -2.03. The molecule has 0 saturated carbocycles. The maximum atomic E-state index is 10.1. The molecule has 0 aliphatic heterocycles. The molecule has 2 N–H and O–H groups in total. The van der Waals surface area contributed by atoms with Crippen molar-refractivity contribution in [1.82, 2.24) is 15.4 Å². The number of aromatic nitrogens is 3. The summed E-state index contributed by atoms with van der Waals surface area (Å²) in [6, 6.07) is 5.63.